The number of fused-ring (bicyclic) bond motifs is 4. The molecule has 1 saturated carbocycles. The Labute approximate surface area is 243 Å². The topological polar surface area (TPSA) is 70.2 Å². The van der Waals surface area contributed by atoms with Gasteiger partial charge in [-0.3, -0.25) is 5.10 Å². The predicted octanol–water partition coefficient (Wildman–Crippen LogP) is 6.89. The molecule has 4 aromatic rings. The number of H-pyrrole nitrogens is 1. The Morgan fingerprint density at radius 3 is 2.51 bits per heavy atom. The van der Waals surface area contributed by atoms with E-state index >= 15 is 0 Å². The molecule has 7 heteroatoms. The third-order valence-electron chi connectivity index (χ3n) is 9.76. The van der Waals surface area contributed by atoms with E-state index in [4.69, 9.17) is 14.7 Å². The van der Waals surface area contributed by atoms with E-state index in [1.54, 1.807) is 0 Å². The van der Waals surface area contributed by atoms with Crippen molar-refractivity contribution in [1.82, 2.24) is 20.2 Å². The Morgan fingerprint density at radius 2 is 1.78 bits per heavy atom. The highest BCUT2D eigenvalue weighted by Crippen LogP contribution is 2.46. The molecule has 2 bridgehead atoms. The van der Waals surface area contributed by atoms with Gasteiger partial charge in [-0.05, 0) is 66.8 Å². The van der Waals surface area contributed by atoms with Crippen LogP contribution >= 0.6 is 0 Å². The lowest BCUT2D eigenvalue weighted by atomic mass is 9.77. The van der Waals surface area contributed by atoms with Gasteiger partial charge in [-0.15, -0.1) is 0 Å². The van der Waals surface area contributed by atoms with Crippen LogP contribution in [0.3, 0.4) is 0 Å². The van der Waals surface area contributed by atoms with Gasteiger partial charge in [0.2, 0.25) is 0 Å². The molecule has 214 valence electrons. The monoisotopic (exact) mass is 550 g/mol. The SMILES string of the molecule is CO[C@@H]1C[C@@H]2C[C@H](C1)N2c1nc(-c2c(C(C)C)ccc3[nH]ncc23)nc2c1CN(c1cc(C(C)C)ccc1C)CC2. The first kappa shape index (κ1) is 26.4. The summed E-state index contributed by atoms with van der Waals surface area (Å²) in [5.41, 5.74) is 9.97. The number of aromatic nitrogens is 4. The molecule has 3 aliphatic heterocycles. The molecule has 1 N–H and O–H groups in total. The van der Waals surface area contributed by atoms with Crippen LogP contribution in [0.2, 0.25) is 0 Å². The van der Waals surface area contributed by atoms with Crippen LogP contribution in [0.4, 0.5) is 11.5 Å². The van der Waals surface area contributed by atoms with E-state index in [9.17, 15) is 0 Å². The van der Waals surface area contributed by atoms with E-state index in [0.717, 1.165) is 60.5 Å². The van der Waals surface area contributed by atoms with Gasteiger partial charge in [-0.2, -0.15) is 5.10 Å². The van der Waals surface area contributed by atoms with Crippen molar-refractivity contribution in [3.05, 3.63) is 64.5 Å². The van der Waals surface area contributed by atoms with Gasteiger partial charge in [0.1, 0.15) is 5.82 Å². The number of hydrogen-bond acceptors (Lipinski definition) is 6. The van der Waals surface area contributed by atoms with Gasteiger partial charge in [0.05, 0.1) is 23.5 Å². The molecule has 2 aromatic carbocycles. The van der Waals surface area contributed by atoms with Gasteiger partial charge in [-0.25, -0.2) is 9.97 Å². The second-order valence-corrected chi connectivity index (χ2v) is 13.0. The minimum Gasteiger partial charge on any atom is -0.381 e. The third kappa shape index (κ3) is 4.40. The fourth-order valence-electron chi connectivity index (χ4n) is 7.38. The van der Waals surface area contributed by atoms with Gasteiger partial charge in [0.15, 0.2) is 5.82 Å². The molecule has 0 radical (unpaired) electrons. The van der Waals surface area contributed by atoms with E-state index < -0.39 is 0 Å². The highest BCUT2D eigenvalue weighted by molar-refractivity contribution is 5.95. The number of anilines is 2. The van der Waals surface area contributed by atoms with Gasteiger partial charge in [-0.1, -0.05) is 45.9 Å². The van der Waals surface area contributed by atoms with E-state index in [-0.39, 0.29) is 0 Å². The zero-order valence-electron chi connectivity index (χ0n) is 25.2. The number of aryl methyl sites for hydroxylation is 1. The molecule has 5 heterocycles. The fourth-order valence-corrected chi connectivity index (χ4v) is 7.38. The predicted molar refractivity (Wildman–Crippen MR) is 166 cm³/mol. The lowest BCUT2D eigenvalue weighted by Crippen LogP contribution is -2.63. The number of nitrogens with zero attached hydrogens (tertiary/aromatic N) is 5. The van der Waals surface area contributed by atoms with Crippen molar-refractivity contribution in [3.63, 3.8) is 0 Å². The first-order valence-corrected chi connectivity index (χ1v) is 15.3. The summed E-state index contributed by atoms with van der Waals surface area (Å²) < 4.78 is 5.80. The largest absolute Gasteiger partial charge is 0.381 e. The Hall–Kier alpha value is -3.45. The normalized spacial score (nSPS) is 22.0. The first-order valence-electron chi connectivity index (χ1n) is 15.3. The second-order valence-electron chi connectivity index (χ2n) is 13.0. The van der Waals surface area contributed by atoms with E-state index in [1.165, 1.54) is 40.1 Å². The summed E-state index contributed by atoms with van der Waals surface area (Å²) in [5.74, 6) is 2.83. The molecule has 41 heavy (non-hydrogen) atoms. The molecule has 2 saturated heterocycles. The van der Waals surface area contributed by atoms with Crippen LogP contribution in [0.1, 0.15) is 86.7 Å². The van der Waals surface area contributed by atoms with Crippen molar-refractivity contribution in [2.75, 3.05) is 23.5 Å². The molecule has 4 aliphatic rings. The zero-order valence-corrected chi connectivity index (χ0v) is 25.2. The number of ether oxygens (including phenoxy) is 1. The molecular formula is C34H42N6O. The van der Waals surface area contributed by atoms with Crippen LogP contribution in [-0.2, 0) is 17.7 Å². The summed E-state index contributed by atoms with van der Waals surface area (Å²) in [5, 5.41) is 8.65. The van der Waals surface area contributed by atoms with Gasteiger partial charge < -0.3 is 14.5 Å². The molecule has 8 rings (SSSR count). The van der Waals surface area contributed by atoms with E-state index in [0.29, 0.717) is 30.0 Å². The van der Waals surface area contributed by atoms with E-state index in [2.05, 4.69) is 84.9 Å². The fraction of sp³-hybridized carbons (Fsp3) is 0.500. The van der Waals surface area contributed by atoms with Crippen LogP contribution in [0, 0.1) is 6.92 Å². The highest BCUT2D eigenvalue weighted by Gasteiger charge is 2.47. The lowest BCUT2D eigenvalue weighted by Gasteiger charge is -2.56. The van der Waals surface area contributed by atoms with Crippen LogP contribution < -0.4 is 9.80 Å². The Bertz CT molecular complexity index is 1590. The Morgan fingerprint density at radius 1 is 0.976 bits per heavy atom. The standard InChI is InChI=1S/C34H42N6O/c1-19(2)22-8-7-21(5)31(13-22)39-12-11-29-28(18-39)34(40-23-14-24(40)16-25(15-23)41-6)37-33(36-29)32-26(20(3)4)9-10-30-27(32)17-35-38-30/h7-10,13,17,19-20,23-25H,11-12,14-16,18H2,1-6H3,(H,35,38)/t23-,24+,25+. The second kappa shape index (κ2) is 10.1. The molecule has 2 aromatic heterocycles. The van der Waals surface area contributed by atoms with Crippen molar-refractivity contribution in [3.8, 4) is 11.4 Å². The zero-order chi connectivity index (χ0) is 28.4. The van der Waals surface area contributed by atoms with E-state index in [1.807, 2.05) is 13.3 Å². The summed E-state index contributed by atoms with van der Waals surface area (Å²) in [4.78, 5) is 16.0. The maximum Gasteiger partial charge on any atom is 0.162 e. The first-order chi connectivity index (χ1) is 19.8. The van der Waals surface area contributed by atoms with Gasteiger partial charge in [0, 0.05) is 60.9 Å². The molecule has 0 spiro atoms. The maximum atomic E-state index is 5.80. The molecule has 1 aliphatic carbocycles. The number of rotatable bonds is 6. The number of piperidine rings is 1. The quantitative estimate of drug-likeness (QED) is 0.282. The summed E-state index contributed by atoms with van der Waals surface area (Å²) in [7, 11) is 1.86. The Kier molecular flexibility index (Phi) is 6.53. The number of benzene rings is 2. The van der Waals surface area contributed by atoms with Crippen LogP contribution in [0.25, 0.3) is 22.3 Å². The number of methoxy groups -OCH3 is 1. The molecule has 3 atom stereocenters. The summed E-state index contributed by atoms with van der Waals surface area (Å²) in [6, 6.07) is 12.3. The smallest absolute Gasteiger partial charge is 0.162 e. The summed E-state index contributed by atoms with van der Waals surface area (Å²) >= 11 is 0. The molecule has 7 nitrogen and oxygen atoms in total. The van der Waals surface area contributed by atoms with Crippen LogP contribution in [-0.4, -0.2) is 52.0 Å². The van der Waals surface area contributed by atoms with Crippen molar-refractivity contribution < 1.29 is 4.74 Å². The lowest BCUT2D eigenvalue weighted by molar-refractivity contribution is 0.0241. The van der Waals surface area contributed by atoms with Crippen molar-refractivity contribution in [1.29, 1.82) is 0 Å². The minimum atomic E-state index is 0.345. The summed E-state index contributed by atoms with van der Waals surface area (Å²) in [6.07, 6.45) is 6.54. The van der Waals surface area contributed by atoms with Crippen molar-refractivity contribution in [2.24, 2.45) is 0 Å². The molecule has 0 unspecified atom stereocenters. The van der Waals surface area contributed by atoms with Crippen molar-refractivity contribution in [2.45, 2.75) is 96.9 Å². The number of aromatic amines is 1. The highest BCUT2D eigenvalue weighted by atomic mass is 16.5. The Balaban J connectivity index is 1.37. The van der Waals surface area contributed by atoms with Crippen LogP contribution in [0.15, 0.2) is 36.5 Å². The molecular weight excluding hydrogens is 508 g/mol. The number of hydrogen-bond donors (Lipinski definition) is 1. The molecule has 3 fully saturated rings. The van der Waals surface area contributed by atoms with Crippen LogP contribution in [0.5, 0.6) is 0 Å². The average Bonchev–Trinajstić information content (AvgIpc) is 3.45. The van der Waals surface area contributed by atoms with Crippen molar-refractivity contribution >= 4 is 22.4 Å². The minimum absolute atomic E-state index is 0.345. The molecule has 0 amide bonds. The third-order valence-corrected chi connectivity index (χ3v) is 9.76. The number of nitrogens with one attached hydrogen (secondary N) is 1. The summed E-state index contributed by atoms with van der Waals surface area (Å²) in [6.45, 7) is 13.1. The van der Waals surface area contributed by atoms with Gasteiger partial charge >= 0.3 is 0 Å². The maximum absolute atomic E-state index is 5.80. The average molecular weight is 551 g/mol. The van der Waals surface area contributed by atoms with Gasteiger partial charge in [0.25, 0.3) is 0 Å².